The second-order valence-electron chi connectivity index (χ2n) is 4.32. The minimum atomic E-state index is -0.107. The monoisotopic (exact) mass is 222 g/mol. The zero-order chi connectivity index (χ0) is 10.7. The van der Waals surface area contributed by atoms with Gasteiger partial charge in [-0.15, -0.1) is 11.8 Å². The fourth-order valence-corrected chi connectivity index (χ4v) is 3.42. The van der Waals surface area contributed by atoms with Gasteiger partial charge in [0.25, 0.3) is 0 Å². The first-order valence-electron chi connectivity index (χ1n) is 5.67. The highest BCUT2D eigenvalue weighted by molar-refractivity contribution is 8.00. The maximum atomic E-state index is 9.88. The first-order valence-corrected chi connectivity index (χ1v) is 6.55. The second kappa shape index (κ2) is 5.04. The number of aliphatic hydroxyl groups is 1. The number of benzene rings is 1. The van der Waals surface area contributed by atoms with E-state index in [9.17, 15) is 5.11 Å². The molecular formula is C13H18OS. The van der Waals surface area contributed by atoms with Crippen molar-refractivity contribution in [3.05, 3.63) is 29.8 Å². The maximum Gasteiger partial charge on any atom is 0.0662 e. The molecule has 1 aliphatic carbocycles. The molecule has 0 aromatic heterocycles. The van der Waals surface area contributed by atoms with Crippen LogP contribution in [0.4, 0.5) is 0 Å². The third-order valence-corrected chi connectivity index (χ3v) is 4.32. The van der Waals surface area contributed by atoms with Crippen molar-refractivity contribution in [2.24, 2.45) is 0 Å². The first kappa shape index (κ1) is 11.0. The summed E-state index contributed by atoms with van der Waals surface area (Å²) in [5.41, 5.74) is 1.30. The van der Waals surface area contributed by atoms with Crippen molar-refractivity contribution in [2.75, 3.05) is 0 Å². The lowest BCUT2D eigenvalue weighted by Gasteiger charge is -2.26. The van der Waals surface area contributed by atoms with Gasteiger partial charge in [-0.3, -0.25) is 0 Å². The van der Waals surface area contributed by atoms with E-state index in [1.807, 2.05) is 11.8 Å². The number of aliphatic hydroxyl groups excluding tert-OH is 1. The van der Waals surface area contributed by atoms with Gasteiger partial charge in [0.15, 0.2) is 0 Å². The molecule has 1 N–H and O–H groups in total. The van der Waals surface area contributed by atoms with Crippen LogP contribution in [0.15, 0.2) is 29.2 Å². The van der Waals surface area contributed by atoms with E-state index >= 15 is 0 Å². The molecule has 1 saturated carbocycles. The van der Waals surface area contributed by atoms with Crippen molar-refractivity contribution in [1.29, 1.82) is 0 Å². The molecule has 2 unspecified atom stereocenters. The van der Waals surface area contributed by atoms with E-state index in [-0.39, 0.29) is 6.10 Å². The average molecular weight is 222 g/mol. The summed E-state index contributed by atoms with van der Waals surface area (Å²) in [6.45, 7) is 2.11. The number of hydrogen-bond donors (Lipinski definition) is 1. The Kier molecular flexibility index (Phi) is 3.71. The standard InChI is InChI=1S/C13H18OS/c1-10-5-4-6-11(9-10)15-13-8-3-2-7-12(13)14/h4-6,9,12-14H,2-3,7-8H2,1H3. The predicted molar refractivity (Wildman–Crippen MR) is 65.3 cm³/mol. The molecule has 0 aliphatic heterocycles. The SMILES string of the molecule is Cc1cccc(SC2CCCCC2O)c1. The smallest absolute Gasteiger partial charge is 0.0662 e. The van der Waals surface area contributed by atoms with Gasteiger partial charge in [-0.25, -0.2) is 0 Å². The van der Waals surface area contributed by atoms with E-state index in [2.05, 4.69) is 31.2 Å². The van der Waals surface area contributed by atoms with Crippen molar-refractivity contribution >= 4 is 11.8 Å². The van der Waals surface area contributed by atoms with E-state index in [1.165, 1.54) is 23.3 Å². The second-order valence-corrected chi connectivity index (χ2v) is 5.64. The molecule has 0 radical (unpaired) electrons. The van der Waals surface area contributed by atoms with Crippen LogP contribution >= 0.6 is 11.8 Å². The molecule has 0 heterocycles. The molecule has 1 aliphatic rings. The van der Waals surface area contributed by atoms with Crippen molar-refractivity contribution in [1.82, 2.24) is 0 Å². The van der Waals surface area contributed by atoms with Crippen LogP contribution < -0.4 is 0 Å². The number of thioether (sulfide) groups is 1. The highest BCUT2D eigenvalue weighted by Gasteiger charge is 2.23. The molecule has 0 saturated heterocycles. The maximum absolute atomic E-state index is 9.88. The molecule has 1 aromatic carbocycles. The Morgan fingerprint density at radius 1 is 1.27 bits per heavy atom. The summed E-state index contributed by atoms with van der Waals surface area (Å²) < 4.78 is 0. The summed E-state index contributed by atoms with van der Waals surface area (Å²) in [7, 11) is 0. The van der Waals surface area contributed by atoms with Gasteiger partial charge in [-0.1, -0.05) is 30.5 Å². The highest BCUT2D eigenvalue weighted by Crippen LogP contribution is 2.33. The lowest BCUT2D eigenvalue weighted by atomic mass is 9.97. The summed E-state index contributed by atoms with van der Waals surface area (Å²) >= 11 is 1.84. The Morgan fingerprint density at radius 2 is 2.07 bits per heavy atom. The largest absolute Gasteiger partial charge is 0.392 e. The van der Waals surface area contributed by atoms with Gasteiger partial charge < -0.3 is 5.11 Å². The molecule has 2 heteroatoms. The number of rotatable bonds is 2. The van der Waals surface area contributed by atoms with E-state index < -0.39 is 0 Å². The van der Waals surface area contributed by atoms with Gasteiger partial charge in [0.1, 0.15) is 0 Å². The summed E-state index contributed by atoms with van der Waals surface area (Å²) in [5, 5.41) is 10.3. The molecule has 0 bridgehead atoms. The highest BCUT2D eigenvalue weighted by atomic mass is 32.2. The molecule has 2 rings (SSSR count). The lowest BCUT2D eigenvalue weighted by Crippen LogP contribution is -2.26. The average Bonchev–Trinajstić information content (AvgIpc) is 2.22. The third kappa shape index (κ3) is 2.99. The Hall–Kier alpha value is -0.470. The molecule has 1 aromatic rings. The van der Waals surface area contributed by atoms with Crippen LogP contribution in [-0.4, -0.2) is 16.5 Å². The van der Waals surface area contributed by atoms with Crippen molar-refractivity contribution in [3.63, 3.8) is 0 Å². The van der Waals surface area contributed by atoms with Gasteiger partial charge in [-0.2, -0.15) is 0 Å². The van der Waals surface area contributed by atoms with Crippen molar-refractivity contribution in [2.45, 2.75) is 48.9 Å². The Bertz CT molecular complexity index is 324. The molecular weight excluding hydrogens is 204 g/mol. The van der Waals surface area contributed by atoms with Crippen LogP contribution in [-0.2, 0) is 0 Å². The van der Waals surface area contributed by atoms with Crippen molar-refractivity contribution < 1.29 is 5.11 Å². The Balaban J connectivity index is 2.01. The fourth-order valence-electron chi connectivity index (χ4n) is 2.08. The summed E-state index contributed by atoms with van der Waals surface area (Å²) in [4.78, 5) is 1.29. The van der Waals surface area contributed by atoms with E-state index in [4.69, 9.17) is 0 Å². The molecule has 2 atom stereocenters. The molecule has 82 valence electrons. The number of hydrogen-bond acceptors (Lipinski definition) is 2. The zero-order valence-corrected chi connectivity index (χ0v) is 9.96. The lowest BCUT2D eigenvalue weighted by molar-refractivity contribution is 0.137. The van der Waals surface area contributed by atoms with Gasteiger partial charge in [0, 0.05) is 10.1 Å². The first-order chi connectivity index (χ1) is 7.25. The normalized spacial score (nSPS) is 26.5. The van der Waals surface area contributed by atoms with Crippen molar-refractivity contribution in [3.8, 4) is 0 Å². The molecule has 1 fully saturated rings. The molecule has 15 heavy (non-hydrogen) atoms. The minimum absolute atomic E-state index is 0.107. The van der Waals surface area contributed by atoms with Crippen LogP contribution in [0.1, 0.15) is 31.2 Å². The topological polar surface area (TPSA) is 20.2 Å². The molecule has 1 nitrogen and oxygen atoms in total. The number of aryl methyl sites for hydroxylation is 1. The third-order valence-electron chi connectivity index (χ3n) is 2.94. The minimum Gasteiger partial charge on any atom is -0.392 e. The molecule has 0 amide bonds. The van der Waals surface area contributed by atoms with Gasteiger partial charge in [-0.05, 0) is 31.9 Å². The summed E-state index contributed by atoms with van der Waals surface area (Å²) in [6, 6.07) is 8.54. The van der Waals surface area contributed by atoms with E-state index in [0.29, 0.717) is 5.25 Å². The van der Waals surface area contributed by atoms with Crippen LogP contribution in [0.25, 0.3) is 0 Å². The van der Waals surface area contributed by atoms with Crippen LogP contribution in [0.5, 0.6) is 0 Å². The fraction of sp³-hybridized carbons (Fsp3) is 0.538. The quantitative estimate of drug-likeness (QED) is 0.827. The Morgan fingerprint density at radius 3 is 2.80 bits per heavy atom. The van der Waals surface area contributed by atoms with Crippen LogP contribution in [0, 0.1) is 6.92 Å². The van der Waals surface area contributed by atoms with Crippen LogP contribution in [0.2, 0.25) is 0 Å². The zero-order valence-electron chi connectivity index (χ0n) is 9.15. The Labute approximate surface area is 95.9 Å². The van der Waals surface area contributed by atoms with Gasteiger partial charge in [0.2, 0.25) is 0 Å². The molecule has 0 spiro atoms. The van der Waals surface area contributed by atoms with E-state index in [0.717, 1.165) is 12.8 Å². The van der Waals surface area contributed by atoms with Gasteiger partial charge >= 0.3 is 0 Å². The van der Waals surface area contributed by atoms with E-state index in [1.54, 1.807) is 0 Å². The van der Waals surface area contributed by atoms with Crippen LogP contribution in [0.3, 0.4) is 0 Å². The predicted octanol–water partition coefficient (Wildman–Crippen LogP) is 3.39. The summed E-state index contributed by atoms with van der Waals surface area (Å²) in [6.07, 6.45) is 4.47. The summed E-state index contributed by atoms with van der Waals surface area (Å²) in [5.74, 6) is 0. The van der Waals surface area contributed by atoms with Gasteiger partial charge in [0.05, 0.1) is 6.10 Å².